The van der Waals surface area contributed by atoms with Crippen LogP contribution in [0, 0.1) is 0 Å². The number of likely N-dealkylation sites (tertiary alicyclic amines) is 1. The van der Waals surface area contributed by atoms with E-state index in [4.69, 9.17) is 9.72 Å². The third-order valence-electron chi connectivity index (χ3n) is 6.07. The summed E-state index contributed by atoms with van der Waals surface area (Å²) in [5.74, 6) is 1.11. The Labute approximate surface area is 150 Å². The Kier molecular flexibility index (Phi) is 5.06. The highest BCUT2D eigenvalue weighted by Crippen LogP contribution is 2.30. The first-order chi connectivity index (χ1) is 12.3. The zero-order chi connectivity index (χ0) is 17.1. The number of fused-ring (bicyclic) bond motifs is 1. The number of ether oxygens (including phenoxy) is 1. The lowest BCUT2D eigenvalue weighted by atomic mass is 9.86. The average molecular weight is 342 g/mol. The normalized spacial score (nSPS) is 21.6. The molecule has 5 heteroatoms. The average Bonchev–Trinajstić information content (AvgIpc) is 2.99. The molecule has 2 aliphatic heterocycles. The molecule has 0 saturated carbocycles. The van der Waals surface area contributed by atoms with E-state index in [0.717, 1.165) is 50.5 Å². The van der Waals surface area contributed by atoms with E-state index in [1.54, 1.807) is 0 Å². The number of benzene rings is 1. The summed E-state index contributed by atoms with van der Waals surface area (Å²) in [4.78, 5) is 7.53. The Bertz CT molecular complexity index is 699. The van der Waals surface area contributed by atoms with Crippen molar-refractivity contribution in [3.63, 3.8) is 0 Å². The summed E-state index contributed by atoms with van der Waals surface area (Å²) < 4.78 is 7.88. The van der Waals surface area contributed by atoms with Gasteiger partial charge in [0, 0.05) is 32.3 Å². The molecule has 4 rings (SSSR count). The number of nitrogens with zero attached hydrogens (tertiary/aromatic N) is 3. The van der Waals surface area contributed by atoms with Crippen molar-refractivity contribution in [3.05, 3.63) is 30.1 Å². The minimum absolute atomic E-state index is 0.267. The van der Waals surface area contributed by atoms with Crippen LogP contribution in [0.3, 0.4) is 0 Å². The van der Waals surface area contributed by atoms with Crippen molar-refractivity contribution < 1.29 is 4.74 Å². The number of hydrogen-bond acceptors (Lipinski definition) is 4. The van der Waals surface area contributed by atoms with Crippen LogP contribution in [-0.2, 0) is 18.3 Å². The second kappa shape index (κ2) is 7.44. The number of piperidine rings is 1. The van der Waals surface area contributed by atoms with Gasteiger partial charge in [0.2, 0.25) is 0 Å². The summed E-state index contributed by atoms with van der Waals surface area (Å²) in [5, 5.41) is 3.73. The van der Waals surface area contributed by atoms with Crippen molar-refractivity contribution in [3.8, 4) is 0 Å². The van der Waals surface area contributed by atoms with Crippen LogP contribution in [0.5, 0.6) is 0 Å². The van der Waals surface area contributed by atoms with E-state index in [1.807, 2.05) is 0 Å². The fourth-order valence-corrected chi connectivity index (χ4v) is 4.48. The van der Waals surface area contributed by atoms with Crippen LogP contribution in [0.1, 0.15) is 37.9 Å². The Morgan fingerprint density at radius 2 is 1.88 bits per heavy atom. The first-order valence-electron chi connectivity index (χ1n) is 9.72. The maximum atomic E-state index is 5.67. The molecule has 0 spiro atoms. The molecule has 1 aromatic carbocycles. The highest BCUT2D eigenvalue weighted by Gasteiger charge is 2.38. The monoisotopic (exact) mass is 342 g/mol. The van der Waals surface area contributed by atoms with Crippen molar-refractivity contribution >= 4 is 11.0 Å². The molecule has 2 saturated heterocycles. The zero-order valence-corrected chi connectivity index (χ0v) is 15.3. The molecule has 1 aromatic heterocycles. The maximum absolute atomic E-state index is 5.67. The molecule has 0 bridgehead atoms. The number of aromatic nitrogens is 2. The Hall–Kier alpha value is -1.43. The van der Waals surface area contributed by atoms with E-state index in [0.29, 0.717) is 0 Å². The van der Waals surface area contributed by atoms with Gasteiger partial charge in [0.1, 0.15) is 5.82 Å². The molecule has 25 heavy (non-hydrogen) atoms. The number of para-hydroxylation sites is 2. The minimum Gasteiger partial charge on any atom is -0.381 e. The summed E-state index contributed by atoms with van der Waals surface area (Å²) in [6, 6.07) is 8.36. The summed E-state index contributed by atoms with van der Waals surface area (Å²) in [7, 11) is 2.11. The van der Waals surface area contributed by atoms with Crippen LogP contribution in [-0.4, -0.2) is 52.8 Å². The second-order valence-corrected chi connectivity index (χ2v) is 7.56. The molecule has 0 atom stereocenters. The number of aryl methyl sites for hydroxylation is 1. The van der Waals surface area contributed by atoms with Crippen molar-refractivity contribution in [2.45, 2.75) is 44.2 Å². The van der Waals surface area contributed by atoms with Crippen molar-refractivity contribution in [2.75, 3.05) is 32.8 Å². The van der Waals surface area contributed by atoms with Gasteiger partial charge in [-0.05, 0) is 50.9 Å². The fraction of sp³-hybridized carbons (Fsp3) is 0.650. The topological polar surface area (TPSA) is 42.3 Å². The first-order valence-corrected chi connectivity index (χ1v) is 9.72. The summed E-state index contributed by atoms with van der Waals surface area (Å²) >= 11 is 0. The van der Waals surface area contributed by atoms with Crippen LogP contribution in [0.15, 0.2) is 24.3 Å². The Balaban J connectivity index is 1.44. The third-order valence-corrected chi connectivity index (χ3v) is 6.07. The lowest BCUT2D eigenvalue weighted by Gasteiger charge is -2.48. The second-order valence-electron chi connectivity index (χ2n) is 7.56. The summed E-state index contributed by atoms with van der Waals surface area (Å²) in [6.07, 6.45) is 6.35. The highest BCUT2D eigenvalue weighted by atomic mass is 16.5. The molecule has 0 amide bonds. The van der Waals surface area contributed by atoms with E-state index in [1.165, 1.54) is 37.9 Å². The van der Waals surface area contributed by atoms with Gasteiger partial charge in [-0.3, -0.25) is 4.90 Å². The molecule has 0 radical (unpaired) electrons. The number of nitrogens with one attached hydrogen (secondary N) is 1. The van der Waals surface area contributed by atoms with E-state index in [2.05, 4.69) is 46.1 Å². The van der Waals surface area contributed by atoms with Gasteiger partial charge >= 0.3 is 0 Å². The lowest BCUT2D eigenvalue weighted by Crippen LogP contribution is -2.59. The molecular formula is C20H30N4O. The number of rotatable bonds is 5. The molecular weight excluding hydrogens is 312 g/mol. The van der Waals surface area contributed by atoms with Crippen molar-refractivity contribution in [1.29, 1.82) is 0 Å². The minimum atomic E-state index is 0.267. The van der Waals surface area contributed by atoms with Gasteiger partial charge in [-0.15, -0.1) is 0 Å². The van der Waals surface area contributed by atoms with Crippen molar-refractivity contribution in [1.82, 2.24) is 19.8 Å². The standard InChI is InChI=1S/C20H30N4O/c1-23-18-8-4-3-7-17(18)22-19(23)15-21-16-20(9-13-25-14-10-20)24-11-5-2-6-12-24/h3-4,7-8,21H,2,5-6,9-16H2,1H3. The Morgan fingerprint density at radius 3 is 2.64 bits per heavy atom. The molecule has 2 aromatic rings. The van der Waals surface area contributed by atoms with Gasteiger partial charge < -0.3 is 14.6 Å². The SMILES string of the molecule is Cn1c(CNCC2(N3CCCCC3)CCOCC2)nc2ccccc21. The quantitative estimate of drug-likeness (QED) is 0.907. The van der Waals surface area contributed by atoms with Crippen LogP contribution in [0.2, 0.25) is 0 Å². The van der Waals surface area contributed by atoms with E-state index in [-0.39, 0.29) is 5.54 Å². The van der Waals surface area contributed by atoms with Gasteiger partial charge in [-0.1, -0.05) is 18.6 Å². The van der Waals surface area contributed by atoms with Crippen molar-refractivity contribution in [2.24, 2.45) is 7.05 Å². The summed E-state index contributed by atoms with van der Waals surface area (Å²) in [6.45, 7) is 6.12. The van der Waals surface area contributed by atoms with Gasteiger partial charge in [-0.25, -0.2) is 4.98 Å². The fourth-order valence-electron chi connectivity index (χ4n) is 4.48. The lowest BCUT2D eigenvalue weighted by molar-refractivity contribution is -0.0358. The predicted octanol–water partition coefficient (Wildman–Crippen LogP) is 2.70. The first kappa shape index (κ1) is 17.0. The predicted molar refractivity (Wildman–Crippen MR) is 101 cm³/mol. The van der Waals surface area contributed by atoms with Gasteiger partial charge in [0.15, 0.2) is 0 Å². The number of hydrogen-bond donors (Lipinski definition) is 1. The molecule has 0 aliphatic carbocycles. The Morgan fingerprint density at radius 1 is 1.12 bits per heavy atom. The summed E-state index contributed by atoms with van der Waals surface area (Å²) in [5.41, 5.74) is 2.55. The van der Waals surface area contributed by atoms with E-state index >= 15 is 0 Å². The largest absolute Gasteiger partial charge is 0.381 e. The molecule has 5 nitrogen and oxygen atoms in total. The number of imidazole rings is 1. The molecule has 1 N–H and O–H groups in total. The van der Waals surface area contributed by atoms with Gasteiger partial charge in [0.25, 0.3) is 0 Å². The highest BCUT2D eigenvalue weighted by molar-refractivity contribution is 5.75. The third kappa shape index (κ3) is 3.46. The molecule has 0 unspecified atom stereocenters. The zero-order valence-electron chi connectivity index (χ0n) is 15.3. The molecule has 2 fully saturated rings. The van der Waals surface area contributed by atoms with E-state index < -0.39 is 0 Å². The molecule has 136 valence electrons. The van der Waals surface area contributed by atoms with Crippen LogP contribution in [0.4, 0.5) is 0 Å². The van der Waals surface area contributed by atoms with Gasteiger partial charge in [-0.2, -0.15) is 0 Å². The van der Waals surface area contributed by atoms with Crippen LogP contribution < -0.4 is 5.32 Å². The van der Waals surface area contributed by atoms with E-state index in [9.17, 15) is 0 Å². The van der Waals surface area contributed by atoms with Gasteiger partial charge in [0.05, 0.1) is 17.6 Å². The maximum Gasteiger partial charge on any atom is 0.123 e. The molecule has 2 aliphatic rings. The molecule has 3 heterocycles. The van der Waals surface area contributed by atoms with Crippen LogP contribution in [0.25, 0.3) is 11.0 Å². The van der Waals surface area contributed by atoms with Crippen LogP contribution >= 0.6 is 0 Å². The smallest absolute Gasteiger partial charge is 0.123 e.